The minimum Gasteiger partial charge on any atom is -0.492 e. The fraction of sp³-hybridized carbons (Fsp3) is 0.385. The van der Waals surface area contributed by atoms with Gasteiger partial charge in [0.05, 0.1) is 20.6 Å². The number of carbonyl (C=O) groups excluding carboxylic acids is 2. The van der Waals surface area contributed by atoms with Gasteiger partial charge in [0.1, 0.15) is 17.8 Å². The molecule has 0 aromatic heterocycles. The summed E-state index contributed by atoms with van der Waals surface area (Å²) in [7, 11) is 2.58. The summed E-state index contributed by atoms with van der Waals surface area (Å²) < 4.78 is 14.9. The van der Waals surface area contributed by atoms with Gasteiger partial charge < -0.3 is 14.2 Å². The van der Waals surface area contributed by atoms with E-state index in [1.807, 2.05) is 6.07 Å². The van der Waals surface area contributed by atoms with Gasteiger partial charge in [-0.05, 0) is 6.07 Å². The second-order valence-corrected chi connectivity index (χ2v) is 4.11. The molecule has 1 atom stereocenters. The predicted octanol–water partition coefficient (Wildman–Crippen LogP) is 1.05. The summed E-state index contributed by atoms with van der Waals surface area (Å²) >= 11 is 0. The number of rotatable bonds is 3. The van der Waals surface area contributed by atoms with E-state index in [2.05, 4.69) is 4.74 Å². The lowest BCUT2D eigenvalue weighted by atomic mass is 9.79. The molecule has 0 saturated heterocycles. The third kappa shape index (κ3) is 1.81. The molecule has 18 heavy (non-hydrogen) atoms. The molecule has 5 nitrogen and oxygen atoms in total. The first-order chi connectivity index (χ1) is 8.64. The van der Waals surface area contributed by atoms with Crippen molar-refractivity contribution >= 4 is 11.9 Å². The van der Waals surface area contributed by atoms with Gasteiger partial charge in [-0.2, -0.15) is 0 Å². The Labute approximate surface area is 105 Å². The van der Waals surface area contributed by atoms with Gasteiger partial charge in [0, 0.05) is 5.56 Å². The van der Waals surface area contributed by atoms with E-state index in [-0.39, 0.29) is 13.0 Å². The quantitative estimate of drug-likeness (QED) is 0.750. The number of hydrogen-bond acceptors (Lipinski definition) is 5. The minimum absolute atomic E-state index is 0.0901. The van der Waals surface area contributed by atoms with Crippen LogP contribution in [0.2, 0.25) is 0 Å². The molecule has 1 aromatic carbocycles. The van der Waals surface area contributed by atoms with E-state index in [9.17, 15) is 9.59 Å². The Morgan fingerprint density at radius 2 is 2.00 bits per heavy atom. The van der Waals surface area contributed by atoms with Crippen molar-refractivity contribution in [2.45, 2.75) is 11.8 Å². The maximum atomic E-state index is 12.0. The standard InChI is InChI=1S/C13H14O5/c1-16-11(14)7-13(12(15)17-2)8-18-10-6-4-3-5-9(10)13/h3-6H,7-8H2,1-2H3. The van der Waals surface area contributed by atoms with Crippen molar-refractivity contribution in [1.82, 2.24) is 0 Å². The second-order valence-electron chi connectivity index (χ2n) is 4.11. The Bertz CT molecular complexity index is 482. The summed E-state index contributed by atoms with van der Waals surface area (Å²) in [6, 6.07) is 7.13. The maximum Gasteiger partial charge on any atom is 0.320 e. The van der Waals surface area contributed by atoms with Crippen LogP contribution in [0.25, 0.3) is 0 Å². The first kappa shape index (κ1) is 12.4. The zero-order valence-corrected chi connectivity index (χ0v) is 10.3. The molecule has 5 heteroatoms. The third-order valence-electron chi connectivity index (χ3n) is 3.13. The summed E-state index contributed by atoms with van der Waals surface area (Å²) in [5, 5.41) is 0. The summed E-state index contributed by atoms with van der Waals surface area (Å²) in [5.74, 6) is -0.356. The number of fused-ring (bicyclic) bond motifs is 1. The van der Waals surface area contributed by atoms with Crippen molar-refractivity contribution < 1.29 is 23.8 Å². The summed E-state index contributed by atoms with van der Waals surface area (Å²) in [6.07, 6.45) is -0.0901. The largest absolute Gasteiger partial charge is 0.492 e. The van der Waals surface area contributed by atoms with Crippen LogP contribution in [0.3, 0.4) is 0 Å². The van der Waals surface area contributed by atoms with Gasteiger partial charge in [0.15, 0.2) is 0 Å². The Morgan fingerprint density at radius 3 is 2.67 bits per heavy atom. The summed E-state index contributed by atoms with van der Waals surface area (Å²) in [4.78, 5) is 23.6. The van der Waals surface area contributed by atoms with Crippen molar-refractivity contribution in [3.05, 3.63) is 29.8 Å². The fourth-order valence-corrected chi connectivity index (χ4v) is 2.17. The minimum atomic E-state index is -1.10. The molecule has 1 aliphatic heterocycles. The van der Waals surface area contributed by atoms with E-state index in [0.717, 1.165) is 0 Å². The van der Waals surface area contributed by atoms with Gasteiger partial charge in [-0.15, -0.1) is 0 Å². The van der Waals surface area contributed by atoms with Crippen molar-refractivity contribution in [3.63, 3.8) is 0 Å². The SMILES string of the molecule is COC(=O)CC1(C(=O)OC)COc2ccccc21. The molecule has 96 valence electrons. The van der Waals surface area contributed by atoms with Crippen molar-refractivity contribution in [1.29, 1.82) is 0 Å². The molecule has 0 saturated carbocycles. The molecule has 1 aromatic rings. The van der Waals surface area contributed by atoms with E-state index >= 15 is 0 Å². The number of para-hydroxylation sites is 1. The molecule has 1 aliphatic rings. The van der Waals surface area contributed by atoms with Gasteiger partial charge in [0.2, 0.25) is 0 Å². The van der Waals surface area contributed by atoms with Crippen LogP contribution in [0.4, 0.5) is 0 Å². The van der Waals surface area contributed by atoms with Gasteiger partial charge in [-0.25, -0.2) is 0 Å². The molecule has 2 rings (SSSR count). The molecule has 0 spiro atoms. The Balaban J connectivity index is 2.45. The van der Waals surface area contributed by atoms with Crippen molar-refractivity contribution in [2.24, 2.45) is 0 Å². The number of benzene rings is 1. The zero-order valence-electron chi connectivity index (χ0n) is 10.3. The molecular weight excluding hydrogens is 236 g/mol. The van der Waals surface area contributed by atoms with Gasteiger partial charge in [0.25, 0.3) is 0 Å². The van der Waals surface area contributed by atoms with Gasteiger partial charge >= 0.3 is 11.9 Å². The van der Waals surface area contributed by atoms with Crippen LogP contribution in [-0.2, 0) is 24.5 Å². The average Bonchev–Trinajstić information content (AvgIpc) is 2.78. The molecule has 0 radical (unpaired) electrons. The topological polar surface area (TPSA) is 61.8 Å². The highest BCUT2D eigenvalue weighted by Crippen LogP contribution is 2.42. The molecule has 0 N–H and O–H groups in total. The highest BCUT2D eigenvalue weighted by molar-refractivity contribution is 5.90. The molecule has 0 bridgehead atoms. The Morgan fingerprint density at radius 1 is 1.28 bits per heavy atom. The molecule has 0 aliphatic carbocycles. The van der Waals surface area contributed by atoms with Crippen LogP contribution in [0.1, 0.15) is 12.0 Å². The Hall–Kier alpha value is -2.04. The Kier molecular flexibility index (Phi) is 3.23. The van der Waals surface area contributed by atoms with E-state index in [0.29, 0.717) is 11.3 Å². The lowest BCUT2D eigenvalue weighted by Crippen LogP contribution is -2.41. The van der Waals surface area contributed by atoms with E-state index in [4.69, 9.17) is 9.47 Å². The number of methoxy groups -OCH3 is 2. The fourth-order valence-electron chi connectivity index (χ4n) is 2.17. The third-order valence-corrected chi connectivity index (χ3v) is 3.13. The molecule has 0 fully saturated rings. The number of hydrogen-bond donors (Lipinski definition) is 0. The molecular formula is C13H14O5. The first-order valence-electron chi connectivity index (χ1n) is 5.51. The van der Waals surface area contributed by atoms with Crippen molar-refractivity contribution in [2.75, 3.05) is 20.8 Å². The molecule has 1 unspecified atom stereocenters. The van der Waals surface area contributed by atoms with Crippen LogP contribution in [-0.4, -0.2) is 32.8 Å². The second kappa shape index (κ2) is 4.68. The number of esters is 2. The summed E-state index contributed by atoms with van der Waals surface area (Å²) in [5.41, 5.74) is -0.430. The van der Waals surface area contributed by atoms with Crippen molar-refractivity contribution in [3.8, 4) is 5.75 Å². The van der Waals surface area contributed by atoms with Gasteiger partial charge in [-0.1, -0.05) is 18.2 Å². The lowest BCUT2D eigenvalue weighted by Gasteiger charge is -2.23. The maximum absolute atomic E-state index is 12.0. The molecule has 1 heterocycles. The van der Waals surface area contributed by atoms with Crippen LogP contribution in [0, 0.1) is 0 Å². The highest BCUT2D eigenvalue weighted by Gasteiger charge is 2.50. The predicted molar refractivity (Wildman–Crippen MR) is 62.3 cm³/mol. The average molecular weight is 250 g/mol. The van der Waals surface area contributed by atoms with Crippen LogP contribution < -0.4 is 4.74 Å². The van der Waals surface area contributed by atoms with E-state index in [1.165, 1.54) is 14.2 Å². The highest BCUT2D eigenvalue weighted by atomic mass is 16.5. The van der Waals surface area contributed by atoms with Crippen LogP contribution in [0.5, 0.6) is 5.75 Å². The monoisotopic (exact) mass is 250 g/mol. The number of carbonyl (C=O) groups is 2. The normalized spacial score (nSPS) is 20.8. The summed E-state index contributed by atoms with van der Waals surface area (Å²) in [6.45, 7) is 0.0914. The van der Waals surface area contributed by atoms with Gasteiger partial charge in [-0.3, -0.25) is 9.59 Å². The smallest absolute Gasteiger partial charge is 0.320 e. The van der Waals surface area contributed by atoms with E-state index < -0.39 is 17.4 Å². The number of ether oxygens (including phenoxy) is 3. The first-order valence-corrected chi connectivity index (χ1v) is 5.51. The lowest BCUT2D eigenvalue weighted by molar-refractivity contribution is -0.154. The van der Waals surface area contributed by atoms with Crippen LogP contribution in [0.15, 0.2) is 24.3 Å². The van der Waals surface area contributed by atoms with Crippen LogP contribution >= 0.6 is 0 Å². The zero-order chi connectivity index (χ0) is 13.2. The molecule has 0 amide bonds. The van der Waals surface area contributed by atoms with E-state index in [1.54, 1.807) is 18.2 Å².